The Hall–Kier alpha value is -1.82. The fourth-order valence-corrected chi connectivity index (χ4v) is 3.21. The molecule has 2 amide bonds. The summed E-state index contributed by atoms with van der Waals surface area (Å²) >= 11 is 0. The molecule has 26 heavy (non-hydrogen) atoms. The van der Waals surface area contributed by atoms with E-state index in [0.717, 1.165) is 31.6 Å². The quantitative estimate of drug-likeness (QED) is 0.640. The Bertz CT molecular complexity index is 550. The Kier molecular flexibility index (Phi) is 8.16. The summed E-state index contributed by atoms with van der Waals surface area (Å²) in [5, 5.41) is 0. The second kappa shape index (κ2) is 10.4. The van der Waals surface area contributed by atoms with Crippen molar-refractivity contribution >= 4 is 11.8 Å². The highest BCUT2D eigenvalue weighted by atomic mass is 16.5. The molecule has 0 aliphatic carbocycles. The van der Waals surface area contributed by atoms with Crippen LogP contribution in [0.1, 0.15) is 52.2 Å². The molecule has 1 aliphatic heterocycles. The predicted molar refractivity (Wildman–Crippen MR) is 99.4 cm³/mol. The Morgan fingerprint density at radius 1 is 1.27 bits per heavy atom. The van der Waals surface area contributed by atoms with Crippen molar-refractivity contribution in [2.45, 2.75) is 59.1 Å². The van der Waals surface area contributed by atoms with Gasteiger partial charge in [0, 0.05) is 26.1 Å². The zero-order valence-corrected chi connectivity index (χ0v) is 16.3. The van der Waals surface area contributed by atoms with Crippen molar-refractivity contribution in [1.29, 1.82) is 0 Å². The maximum Gasteiger partial charge on any atom is 0.242 e. The molecule has 1 aromatic heterocycles. The number of furan rings is 1. The third-order valence-electron chi connectivity index (χ3n) is 4.46. The van der Waals surface area contributed by atoms with Gasteiger partial charge in [-0.05, 0) is 37.3 Å². The van der Waals surface area contributed by atoms with Crippen molar-refractivity contribution < 1.29 is 18.7 Å². The van der Waals surface area contributed by atoms with Gasteiger partial charge in [-0.15, -0.1) is 0 Å². The molecule has 1 fully saturated rings. The van der Waals surface area contributed by atoms with Crippen LogP contribution in [-0.4, -0.2) is 54.0 Å². The monoisotopic (exact) mass is 364 g/mol. The summed E-state index contributed by atoms with van der Waals surface area (Å²) in [5.41, 5.74) is 0. The molecule has 1 atom stereocenters. The van der Waals surface area contributed by atoms with Crippen LogP contribution in [0.2, 0.25) is 0 Å². The predicted octanol–water partition coefficient (Wildman–Crippen LogP) is 3.07. The molecular weight excluding hydrogens is 332 g/mol. The minimum Gasteiger partial charge on any atom is -0.467 e. The lowest BCUT2D eigenvalue weighted by molar-refractivity contribution is -0.142. The second-order valence-corrected chi connectivity index (χ2v) is 7.41. The molecule has 0 aromatic carbocycles. The van der Waals surface area contributed by atoms with Crippen molar-refractivity contribution in [2.24, 2.45) is 5.92 Å². The largest absolute Gasteiger partial charge is 0.467 e. The topological polar surface area (TPSA) is 63.0 Å². The van der Waals surface area contributed by atoms with Gasteiger partial charge in [0.15, 0.2) is 0 Å². The van der Waals surface area contributed by atoms with Crippen LogP contribution in [-0.2, 0) is 20.9 Å². The maximum atomic E-state index is 13.0. The highest BCUT2D eigenvalue weighted by Gasteiger charge is 2.26. The third-order valence-corrected chi connectivity index (χ3v) is 4.46. The minimum atomic E-state index is -0.0537. The van der Waals surface area contributed by atoms with Crippen molar-refractivity contribution in [3.8, 4) is 0 Å². The van der Waals surface area contributed by atoms with Gasteiger partial charge in [0.25, 0.3) is 0 Å². The van der Waals surface area contributed by atoms with Gasteiger partial charge in [-0.3, -0.25) is 9.59 Å². The summed E-state index contributed by atoms with van der Waals surface area (Å²) in [4.78, 5) is 28.9. The average molecular weight is 364 g/mol. The lowest BCUT2D eigenvalue weighted by atomic mass is 10.2. The van der Waals surface area contributed by atoms with Crippen LogP contribution in [0, 0.1) is 5.92 Å². The van der Waals surface area contributed by atoms with Crippen LogP contribution in [0.4, 0.5) is 0 Å². The van der Waals surface area contributed by atoms with Gasteiger partial charge in [-0.1, -0.05) is 20.8 Å². The first-order chi connectivity index (χ1) is 12.5. The summed E-state index contributed by atoms with van der Waals surface area (Å²) in [7, 11) is 0. The molecule has 1 unspecified atom stereocenters. The molecule has 2 heterocycles. The number of carbonyl (C=O) groups excluding carboxylic acids is 2. The Morgan fingerprint density at radius 2 is 2.08 bits per heavy atom. The van der Waals surface area contributed by atoms with Crippen molar-refractivity contribution in [3.63, 3.8) is 0 Å². The molecule has 0 N–H and O–H groups in total. The molecule has 1 aliphatic rings. The zero-order valence-electron chi connectivity index (χ0n) is 16.3. The van der Waals surface area contributed by atoms with E-state index in [4.69, 9.17) is 9.15 Å². The van der Waals surface area contributed by atoms with Crippen LogP contribution in [0.25, 0.3) is 0 Å². The van der Waals surface area contributed by atoms with Crippen LogP contribution in [0.5, 0.6) is 0 Å². The van der Waals surface area contributed by atoms with E-state index < -0.39 is 0 Å². The zero-order chi connectivity index (χ0) is 18.9. The number of ether oxygens (including phenoxy) is 1. The van der Waals surface area contributed by atoms with E-state index in [9.17, 15) is 9.59 Å². The van der Waals surface area contributed by atoms with Crippen molar-refractivity contribution in [2.75, 3.05) is 26.2 Å². The fourth-order valence-electron chi connectivity index (χ4n) is 3.21. The molecule has 6 heteroatoms. The summed E-state index contributed by atoms with van der Waals surface area (Å²) in [6, 6.07) is 3.68. The first kappa shape index (κ1) is 20.5. The Balaban J connectivity index is 2.04. The summed E-state index contributed by atoms with van der Waals surface area (Å²) < 4.78 is 11.1. The molecule has 2 rings (SSSR count). The number of carbonyl (C=O) groups is 2. The van der Waals surface area contributed by atoms with E-state index >= 15 is 0 Å². The Morgan fingerprint density at radius 3 is 2.65 bits per heavy atom. The van der Waals surface area contributed by atoms with Crippen LogP contribution < -0.4 is 0 Å². The van der Waals surface area contributed by atoms with Gasteiger partial charge >= 0.3 is 0 Å². The highest BCUT2D eigenvalue weighted by Crippen LogP contribution is 2.16. The van der Waals surface area contributed by atoms with E-state index in [0.29, 0.717) is 32.0 Å². The van der Waals surface area contributed by atoms with E-state index in [1.165, 1.54) is 0 Å². The first-order valence-corrected chi connectivity index (χ1v) is 9.69. The van der Waals surface area contributed by atoms with E-state index in [-0.39, 0.29) is 24.5 Å². The normalized spacial score (nSPS) is 16.8. The summed E-state index contributed by atoms with van der Waals surface area (Å²) in [6.45, 7) is 8.51. The molecule has 0 spiro atoms. The summed E-state index contributed by atoms with van der Waals surface area (Å²) in [5.74, 6) is 1.05. The van der Waals surface area contributed by atoms with Gasteiger partial charge in [0.2, 0.25) is 11.8 Å². The smallest absolute Gasteiger partial charge is 0.242 e. The van der Waals surface area contributed by atoms with Crippen molar-refractivity contribution in [3.05, 3.63) is 24.2 Å². The standard InChI is InChI=1S/C20H32N2O4/c1-4-7-19(23)21(12-16(2)3)15-20(24)22(13-17-8-5-10-25-17)14-18-9-6-11-26-18/h5,8,10,16,18H,4,6-7,9,11-15H2,1-3H3. The molecular formula is C20H32N2O4. The number of amides is 2. The van der Waals surface area contributed by atoms with Gasteiger partial charge < -0.3 is 19.0 Å². The van der Waals surface area contributed by atoms with Gasteiger partial charge in [-0.2, -0.15) is 0 Å². The van der Waals surface area contributed by atoms with Gasteiger partial charge in [-0.25, -0.2) is 0 Å². The van der Waals surface area contributed by atoms with Crippen molar-refractivity contribution in [1.82, 2.24) is 9.80 Å². The van der Waals surface area contributed by atoms with Crippen LogP contribution >= 0.6 is 0 Å². The SMILES string of the molecule is CCCC(=O)N(CC(=O)N(Cc1ccco1)CC1CCCO1)CC(C)C. The number of hydrogen-bond acceptors (Lipinski definition) is 4. The average Bonchev–Trinajstić information content (AvgIpc) is 3.27. The second-order valence-electron chi connectivity index (χ2n) is 7.41. The molecule has 0 bridgehead atoms. The van der Waals surface area contributed by atoms with Gasteiger partial charge in [0.05, 0.1) is 25.5 Å². The maximum absolute atomic E-state index is 13.0. The lowest BCUT2D eigenvalue weighted by Gasteiger charge is -2.29. The van der Waals surface area contributed by atoms with Crippen LogP contribution in [0.3, 0.4) is 0 Å². The third kappa shape index (κ3) is 6.48. The molecule has 1 aromatic rings. The summed E-state index contributed by atoms with van der Waals surface area (Å²) in [6.07, 6.45) is 4.94. The number of rotatable bonds is 10. The molecule has 1 saturated heterocycles. The van der Waals surface area contributed by atoms with Gasteiger partial charge in [0.1, 0.15) is 5.76 Å². The molecule has 0 radical (unpaired) electrons. The van der Waals surface area contributed by atoms with Crippen LogP contribution in [0.15, 0.2) is 22.8 Å². The minimum absolute atomic E-state index is 0.0459. The molecule has 0 saturated carbocycles. The molecule has 6 nitrogen and oxygen atoms in total. The van der Waals surface area contributed by atoms with E-state index in [1.54, 1.807) is 16.1 Å². The Labute approximate surface area is 156 Å². The van der Waals surface area contributed by atoms with E-state index in [1.807, 2.05) is 19.1 Å². The molecule has 146 valence electrons. The number of nitrogens with zero attached hydrogens (tertiary/aromatic N) is 2. The van der Waals surface area contributed by atoms with E-state index in [2.05, 4.69) is 13.8 Å². The lowest BCUT2D eigenvalue weighted by Crippen LogP contribution is -2.46. The number of hydrogen-bond donors (Lipinski definition) is 0. The highest BCUT2D eigenvalue weighted by molar-refractivity contribution is 5.84. The first-order valence-electron chi connectivity index (χ1n) is 9.69. The fraction of sp³-hybridized carbons (Fsp3) is 0.700.